The normalized spacial score (nSPS) is 26.0. The van der Waals surface area contributed by atoms with Gasteiger partial charge in [-0.05, 0) is 19.8 Å². The Bertz CT molecular complexity index is 541. The van der Waals surface area contributed by atoms with Crippen molar-refractivity contribution < 1.29 is 9.59 Å². The topological polar surface area (TPSA) is 71.3 Å². The van der Waals surface area contributed by atoms with Gasteiger partial charge in [-0.3, -0.25) is 14.3 Å². The van der Waals surface area contributed by atoms with Crippen LogP contribution in [0, 0.1) is 0 Å². The zero-order valence-electron chi connectivity index (χ0n) is 11.8. The van der Waals surface area contributed by atoms with Gasteiger partial charge in [0.2, 0.25) is 11.7 Å². The maximum Gasteiger partial charge on any atom is 0.293 e. The predicted molar refractivity (Wildman–Crippen MR) is 70.9 cm³/mol. The second-order valence-electron chi connectivity index (χ2n) is 5.38. The minimum absolute atomic E-state index is 0.115. The summed E-state index contributed by atoms with van der Waals surface area (Å²) in [5.41, 5.74) is 0. The maximum atomic E-state index is 12.5. The van der Waals surface area contributed by atoms with Gasteiger partial charge in [-0.1, -0.05) is 0 Å². The molecule has 0 bridgehead atoms. The second kappa shape index (κ2) is 4.88. The smallest absolute Gasteiger partial charge is 0.293 e. The van der Waals surface area contributed by atoms with Gasteiger partial charge in [0, 0.05) is 26.6 Å². The number of aryl methyl sites for hydroxylation is 1. The SMILES string of the molecule is CCN1C(=O)CC[C@@H]2[C@H]1CCN2C(=O)c1ncn(C)n1. The third-order valence-corrected chi connectivity index (χ3v) is 4.28. The van der Waals surface area contributed by atoms with E-state index < -0.39 is 0 Å². The van der Waals surface area contributed by atoms with E-state index in [0.717, 1.165) is 12.8 Å². The van der Waals surface area contributed by atoms with Crippen LogP contribution >= 0.6 is 0 Å². The maximum absolute atomic E-state index is 12.5. The summed E-state index contributed by atoms with van der Waals surface area (Å²) in [6, 6.07) is 0.276. The van der Waals surface area contributed by atoms with Crippen molar-refractivity contribution in [2.24, 2.45) is 7.05 Å². The van der Waals surface area contributed by atoms with E-state index in [1.807, 2.05) is 16.7 Å². The molecule has 0 aromatic carbocycles. The summed E-state index contributed by atoms with van der Waals surface area (Å²) in [7, 11) is 1.74. The number of aromatic nitrogens is 3. The van der Waals surface area contributed by atoms with Crippen LogP contribution in [0.2, 0.25) is 0 Å². The first-order valence-corrected chi connectivity index (χ1v) is 7.08. The van der Waals surface area contributed by atoms with Gasteiger partial charge in [0.05, 0.1) is 12.1 Å². The molecule has 0 saturated carbocycles. The van der Waals surface area contributed by atoms with E-state index in [1.54, 1.807) is 7.05 Å². The molecular weight excluding hydrogens is 258 g/mol. The van der Waals surface area contributed by atoms with Crippen molar-refractivity contribution in [1.29, 1.82) is 0 Å². The van der Waals surface area contributed by atoms with Gasteiger partial charge in [0.1, 0.15) is 6.33 Å². The molecule has 2 aliphatic rings. The number of likely N-dealkylation sites (N-methyl/N-ethyl adjacent to an activating group) is 1. The molecule has 7 heteroatoms. The first-order valence-electron chi connectivity index (χ1n) is 7.08. The fraction of sp³-hybridized carbons (Fsp3) is 0.692. The molecule has 3 heterocycles. The highest BCUT2D eigenvalue weighted by Crippen LogP contribution is 2.31. The molecule has 20 heavy (non-hydrogen) atoms. The Labute approximate surface area is 117 Å². The van der Waals surface area contributed by atoms with Crippen LogP contribution in [-0.2, 0) is 11.8 Å². The summed E-state index contributed by atoms with van der Waals surface area (Å²) in [5, 5.41) is 4.08. The molecule has 108 valence electrons. The Hall–Kier alpha value is -1.92. The van der Waals surface area contributed by atoms with Crippen LogP contribution in [0.25, 0.3) is 0 Å². The molecule has 1 aromatic rings. The zero-order valence-corrected chi connectivity index (χ0v) is 11.8. The van der Waals surface area contributed by atoms with Crippen molar-refractivity contribution in [3.05, 3.63) is 12.2 Å². The van der Waals surface area contributed by atoms with E-state index in [-0.39, 0.29) is 29.7 Å². The minimum atomic E-state index is -0.122. The number of carbonyl (C=O) groups is 2. The number of hydrogen-bond acceptors (Lipinski definition) is 4. The van der Waals surface area contributed by atoms with E-state index >= 15 is 0 Å². The number of nitrogens with zero attached hydrogens (tertiary/aromatic N) is 5. The number of rotatable bonds is 2. The van der Waals surface area contributed by atoms with E-state index in [1.165, 1.54) is 11.0 Å². The highest BCUT2D eigenvalue weighted by molar-refractivity contribution is 5.91. The lowest BCUT2D eigenvalue weighted by Gasteiger charge is -2.38. The zero-order chi connectivity index (χ0) is 14.3. The van der Waals surface area contributed by atoms with Crippen LogP contribution < -0.4 is 0 Å². The fourth-order valence-corrected chi connectivity index (χ4v) is 3.38. The Morgan fingerprint density at radius 2 is 2.20 bits per heavy atom. The van der Waals surface area contributed by atoms with Crippen LogP contribution in [0.5, 0.6) is 0 Å². The van der Waals surface area contributed by atoms with Gasteiger partial charge >= 0.3 is 0 Å². The van der Waals surface area contributed by atoms with Gasteiger partial charge in [-0.15, -0.1) is 5.10 Å². The van der Waals surface area contributed by atoms with Crippen molar-refractivity contribution in [2.45, 2.75) is 38.3 Å². The highest BCUT2D eigenvalue weighted by atomic mass is 16.2. The summed E-state index contributed by atoms with van der Waals surface area (Å²) in [6.45, 7) is 3.38. The summed E-state index contributed by atoms with van der Waals surface area (Å²) < 4.78 is 1.53. The van der Waals surface area contributed by atoms with E-state index in [0.29, 0.717) is 19.5 Å². The molecule has 2 fully saturated rings. The fourth-order valence-electron chi connectivity index (χ4n) is 3.38. The molecule has 0 N–H and O–H groups in total. The lowest BCUT2D eigenvalue weighted by atomic mass is 9.96. The van der Waals surface area contributed by atoms with E-state index in [2.05, 4.69) is 10.1 Å². The third kappa shape index (κ3) is 1.97. The molecule has 0 spiro atoms. The average Bonchev–Trinajstić information content (AvgIpc) is 3.04. The van der Waals surface area contributed by atoms with Crippen LogP contribution in [-0.4, -0.2) is 61.6 Å². The first-order chi connectivity index (χ1) is 9.61. The van der Waals surface area contributed by atoms with Crippen molar-refractivity contribution in [2.75, 3.05) is 13.1 Å². The molecule has 2 saturated heterocycles. The number of amides is 2. The average molecular weight is 277 g/mol. The lowest BCUT2D eigenvalue weighted by Crippen LogP contribution is -2.53. The standard InChI is InChI=1S/C13H19N5O2/c1-3-17-10-6-7-18(9(10)4-5-11(17)19)13(20)12-14-8-16(2)15-12/h8-10H,3-7H2,1-2H3/t9-,10-/m1/s1. The van der Waals surface area contributed by atoms with Crippen LogP contribution in [0.4, 0.5) is 0 Å². The molecule has 2 atom stereocenters. The molecule has 0 aliphatic carbocycles. The van der Waals surface area contributed by atoms with Crippen molar-refractivity contribution >= 4 is 11.8 Å². The molecule has 7 nitrogen and oxygen atoms in total. The highest BCUT2D eigenvalue weighted by Gasteiger charge is 2.44. The van der Waals surface area contributed by atoms with Crippen LogP contribution in [0.3, 0.4) is 0 Å². The second-order valence-corrected chi connectivity index (χ2v) is 5.38. The third-order valence-electron chi connectivity index (χ3n) is 4.28. The number of likely N-dealkylation sites (tertiary alicyclic amines) is 2. The van der Waals surface area contributed by atoms with Gasteiger partial charge in [0.25, 0.3) is 5.91 Å². The van der Waals surface area contributed by atoms with Crippen molar-refractivity contribution in [3.8, 4) is 0 Å². The molecular formula is C13H19N5O2. The van der Waals surface area contributed by atoms with Crippen molar-refractivity contribution in [1.82, 2.24) is 24.6 Å². The van der Waals surface area contributed by atoms with E-state index in [9.17, 15) is 9.59 Å². The number of piperidine rings is 1. The summed E-state index contributed by atoms with van der Waals surface area (Å²) in [4.78, 5) is 32.2. The number of carbonyl (C=O) groups excluding carboxylic acids is 2. The van der Waals surface area contributed by atoms with Gasteiger partial charge < -0.3 is 9.80 Å². The van der Waals surface area contributed by atoms with Crippen molar-refractivity contribution in [3.63, 3.8) is 0 Å². The van der Waals surface area contributed by atoms with Crippen LogP contribution in [0.1, 0.15) is 36.8 Å². The van der Waals surface area contributed by atoms with Crippen LogP contribution in [0.15, 0.2) is 6.33 Å². The largest absolute Gasteiger partial charge is 0.338 e. The molecule has 0 radical (unpaired) electrons. The Kier molecular flexibility index (Phi) is 3.19. The molecule has 1 aromatic heterocycles. The molecule has 0 unspecified atom stereocenters. The minimum Gasteiger partial charge on any atom is -0.338 e. The monoisotopic (exact) mass is 277 g/mol. The molecule has 2 amide bonds. The summed E-state index contributed by atoms with van der Waals surface area (Å²) in [5.74, 6) is 0.329. The number of hydrogen-bond donors (Lipinski definition) is 0. The lowest BCUT2D eigenvalue weighted by molar-refractivity contribution is -0.137. The van der Waals surface area contributed by atoms with E-state index in [4.69, 9.17) is 0 Å². The number of fused-ring (bicyclic) bond motifs is 1. The van der Waals surface area contributed by atoms with Gasteiger partial charge in [-0.25, -0.2) is 4.98 Å². The van der Waals surface area contributed by atoms with Gasteiger partial charge in [-0.2, -0.15) is 0 Å². The Morgan fingerprint density at radius 1 is 1.40 bits per heavy atom. The quantitative estimate of drug-likeness (QED) is 0.765. The Morgan fingerprint density at radius 3 is 2.85 bits per heavy atom. The summed E-state index contributed by atoms with van der Waals surface area (Å²) >= 11 is 0. The molecule has 3 rings (SSSR count). The van der Waals surface area contributed by atoms with Gasteiger partial charge in [0.15, 0.2) is 0 Å². The Balaban J connectivity index is 1.80. The predicted octanol–water partition coefficient (Wildman–Crippen LogP) is 0.0405. The summed E-state index contributed by atoms with van der Waals surface area (Å²) in [6.07, 6.45) is 3.65. The first kappa shape index (κ1) is 13.1. The molecule has 2 aliphatic heterocycles.